The van der Waals surface area contributed by atoms with Gasteiger partial charge in [-0.25, -0.2) is 15.4 Å². The molecule has 0 aliphatic heterocycles. The number of aryl methyl sites for hydroxylation is 2. The summed E-state index contributed by atoms with van der Waals surface area (Å²) in [5.74, 6) is 0.00433. The van der Waals surface area contributed by atoms with Crippen molar-refractivity contribution < 1.29 is 4.79 Å². The summed E-state index contributed by atoms with van der Waals surface area (Å²) in [6, 6.07) is 7.85. The first-order valence-electron chi connectivity index (χ1n) is 7.55. The van der Waals surface area contributed by atoms with E-state index in [4.69, 9.17) is 0 Å². The number of rotatable bonds is 5. The number of nitrogens with zero attached hydrogens (tertiary/aromatic N) is 3. The van der Waals surface area contributed by atoms with Crippen LogP contribution in [0.15, 0.2) is 45.2 Å². The zero-order valence-corrected chi connectivity index (χ0v) is 16.1. The number of H-pyrrole nitrogens is 1. The smallest absolute Gasteiger partial charge is 0.250 e. The van der Waals surface area contributed by atoms with E-state index in [1.165, 1.54) is 11.8 Å². The molecular formula is C17H16BrN5OS. The van der Waals surface area contributed by atoms with Crippen LogP contribution in [0.2, 0.25) is 0 Å². The SMILES string of the molecule is Cc1cc(C)nc(SCC(=O)N/N=C\c2c[nH]c3ccc(Br)cc23)n1. The number of amides is 1. The Kier molecular flexibility index (Phi) is 5.50. The maximum absolute atomic E-state index is 11.9. The van der Waals surface area contributed by atoms with Crippen LogP contribution in [-0.2, 0) is 4.79 Å². The van der Waals surface area contributed by atoms with Gasteiger partial charge in [-0.2, -0.15) is 5.10 Å². The van der Waals surface area contributed by atoms with E-state index in [9.17, 15) is 4.79 Å². The lowest BCUT2D eigenvalue weighted by atomic mass is 10.2. The van der Waals surface area contributed by atoms with Gasteiger partial charge in [0.25, 0.3) is 5.91 Å². The van der Waals surface area contributed by atoms with E-state index in [0.29, 0.717) is 5.16 Å². The van der Waals surface area contributed by atoms with E-state index in [0.717, 1.165) is 32.3 Å². The highest BCUT2D eigenvalue weighted by atomic mass is 79.9. The van der Waals surface area contributed by atoms with Gasteiger partial charge in [0.2, 0.25) is 0 Å². The van der Waals surface area contributed by atoms with Crippen LogP contribution in [0, 0.1) is 13.8 Å². The maximum Gasteiger partial charge on any atom is 0.250 e. The minimum Gasteiger partial charge on any atom is -0.361 e. The fourth-order valence-corrected chi connectivity index (χ4v) is 3.42. The third-order valence-corrected chi connectivity index (χ3v) is 4.70. The van der Waals surface area contributed by atoms with Gasteiger partial charge in [-0.3, -0.25) is 4.79 Å². The summed E-state index contributed by atoms with van der Waals surface area (Å²) in [7, 11) is 0. The molecule has 0 aliphatic carbocycles. The number of carbonyl (C=O) groups is 1. The summed E-state index contributed by atoms with van der Waals surface area (Å²) in [6.45, 7) is 3.81. The molecule has 2 aromatic heterocycles. The van der Waals surface area contributed by atoms with Crippen LogP contribution < -0.4 is 5.43 Å². The van der Waals surface area contributed by atoms with Gasteiger partial charge in [0.15, 0.2) is 5.16 Å². The topological polar surface area (TPSA) is 83.0 Å². The minimum absolute atomic E-state index is 0.204. The molecule has 0 unspecified atom stereocenters. The Balaban J connectivity index is 1.58. The van der Waals surface area contributed by atoms with Crippen molar-refractivity contribution in [2.24, 2.45) is 5.10 Å². The number of thioether (sulfide) groups is 1. The molecule has 2 N–H and O–H groups in total. The van der Waals surface area contributed by atoms with Crippen LogP contribution in [0.4, 0.5) is 0 Å². The summed E-state index contributed by atoms with van der Waals surface area (Å²) >= 11 is 4.74. The average molecular weight is 418 g/mol. The number of fused-ring (bicyclic) bond motifs is 1. The lowest BCUT2D eigenvalue weighted by molar-refractivity contribution is -0.118. The van der Waals surface area contributed by atoms with Gasteiger partial charge >= 0.3 is 0 Å². The fraction of sp³-hybridized carbons (Fsp3) is 0.176. The minimum atomic E-state index is -0.204. The molecule has 3 rings (SSSR count). The molecule has 1 aromatic carbocycles. The number of hydrazone groups is 1. The van der Waals surface area contributed by atoms with Crippen molar-refractivity contribution in [3.05, 3.63) is 51.9 Å². The summed E-state index contributed by atoms with van der Waals surface area (Å²) in [4.78, 5) is 23.7. The molecule has 8 heteroatoms. The number of aromatic nitrogens is 3. The maximum atomic E-state index is 11.9. The Morgan fingerprint density at radius 3 is 2.84 bits per heavy atom. The van der Waals surface area contributed by atoms with Crippen LogP contribution in [0.25, 0.3) is 10.9 Å². The van der Waals surface area contributed by atoms with Crippen LogP contribution in [0.5, 0.6) is 0 Å². The molecule has 0 saturated heterocycles. The highest BCUT2D eigenvalue weighted by Gasteiger charge is 2.06. The largest absolute Gasteiger partial charge is 0.361 e. The second kappa shape index (κ2) is 7.79. The van der Waals surface area contributed by atoms with Crippen molar-refractivity contribution in [1.29, 1.82) is 0 Å². The molecule has 6 nitrogen and oxygen atoms in total. The molecule has 1 amide bonds. The molecule has 3 aromatic rings. The van der Waals surface area contributed by atoms with E-state index in [1.54, 1.807) is 6.21 Å². The molecule has 0 aliphatic rings. The third-order valence-electron chi connectivity index (χ3n) is 3.36. The quantitative estimate of drug-likeness (QED) is 0.287. The summed E-state index contributed by atoms with van der Waals surface area (Å²) < 4.78 is 0.989. The number of hydrogen-bond acceptors (Lipinski definition) is 5. The second-order valence-corrected chi connectivity index (χ2v) is 7.31. The first-order chi connectivity index (χ1) is 12.0. The van der Waals surface area contributed by atoms with E-state index >= 15 is 0 Å². The summed E-state index contributed by atoms with van der Waals surface area (Å²) in [6.07, 6.45) is 3.48. The molecule has 0 fully saturated rings. The Labute approximate surface area is 157 Å². The van der Waals surface area contributed by atoms with Gasteiger partial charge in [0.05, 0.1) is 12.0 Å². The zero-order chi connectivity index (χ0) is 17.8. The highest BCUT2D eigenvalue weighted by molar-refractivity contribution is 9.10. The van der Waals surface area contributed by atoms with Crippen molar-refractivity contribution >= 4 is 50.7 Å². The van der Waals surface area contributed by atoms with Gasteiger partial charge < -0.3 is 4.98 Å². The molecule has 0 atom stereocenters. The van der Waals surface area contributed by atoms with Crippen molar-refractivity contribution in [2.75, 3.05) is 5.75 Å². The first-order valence-corrected chi connectivity index (χ1v) is 9.33. The Morgan fingerprint density at radius 2 is 2.08 bits per heavy atom. The van der Waals surface area contributed by atoms with E-state index in [2.05, 4.69) is 41.4 Å². The second-order valence-electron chi connectivity index (χ2n) is 5.45. The predicted octanol–water partition coefficient (Wildman–Crippen LogP) is 3.58. The van der Waals surface area contributed by atoms with Gasteiger partial charge in [-0.05, 0) is 38.1 Å². The van der Waals surface area contributed by atoms with Gasteiger partial charge in [0, 0.05) is 38.5 Å². The van der Waals surface area contributed by atoms with Crippen LogP contribution in [0.3, 0.4) is 0 Å². The predicted molar refractivity (Wildman–Crippen MR) is 104 cm³/mol. The number of hydrogen-bond donors (Lipinski definition) is 2. The van der Waals surface area contributed by atoms with E-state index in [1.807, 2.05) is 44.3 Å². The molecule has 0 spiro atoms. The van der Waals surface area contributed by atoms with Gasteiger partial charge in [0.1, 0.15) is 0 Å². The average Bonchev–Trinajstić information content (AvgIpc) is 2.94. The number of benzene rings is 1. The van der Waals surface area contributed by atoms with Crippen LogP contribution in [-0.4, -0.2) is 32.8 Å². The lowest BCUT2D eigenvalue weighted by Gasteiger charge is -2.02. The molecule has 0 radical (unpaired) electrons. The number of halogens is 1. The standard InChI is InChI=1S/C17H16BrN5OS/c1-10-5-11(2)22-17(21-10)25-9-16(24)23-20-8-12-7-19-15-4-3-13(18)6-14(12)15/h3-8,19H,9H2,1-2H3,(H,23,24)/b20-8-. The molecule has 0 bridgehead atoms. The number of nitrogens with one attached hydrogen (secondary N) is 2. The molecule has 25 heavy (non-hydrogen) atoms. The first kappa shape index (κ1) is 17.6. The van der Waals surface area contributed by atoms with E-state index in [-0.39, 0.29) is 11.7 Å². The van der Waals surface area contributed by atoms with Crippen molar-refractivity contribution in [2.45, 2.75) is 19.0 Å². The molecule has 2 heterocycles. The molecule has 0 saturated carbocycles. The Bertz CT molecular complexity index is 933. The normalized spacial score (nSPS) is 11.3. The van der Waals surface area contributed by atoms with Crippen molar-refractivity contribution in [3.8, 4) is 0 Å². The van der Waals surface area contributed by atoms with Gasteiger partial charge in [-0.15, -0.1) is 0 Å². The highest BCUT2D eigenvalue weighted by Crippen LogP contribution is 2.21. The van der Waals surface area contributed by atoms with Gasteiger partial charge in [-0.1, -0.05) is 27.7 Å². The molecule has 128 valence electrons. The number of carbonyl (C=O) groups excluding carboxylic acids is 1. The monoisotopic (exact) mass is 417 g/mol. The fourth-order valence-electron chi connectivity index (χ4n) is 2.32. The summed E-state index contributed by atoms with van der Waals surface area (Å²) in [5, 5.41) is 5.66. The van der Waals surface area contributed by atoms with Crippen LogP contribution >= 0.6 is 27.7 Å². The summed E-state index contributed by atoms with van der Waals surface area (Å²) in [5.41, 5.74) is 6.22. The van der Waals surface area contributed by atoms with Crippen molar-refractivity contribution in [1.82, 2.24) is 20.4 Å². The molecular weight excluding hydrogens is 402 g/mol. The van der Waals surface area contributed by atoms with Crippen molar-refractivity contribution in [3.63, 3.8) is 0 Å². The van der Waals surface area contributed by atoms with Crippen LogP contribution in [0.1, 0.15) is 17.0 Å². The third kappa shape index (κ3) is 4.67. The Hall–Kier alpha value is -2.19. The Morgan fingerprint density at radius 1 is 1.32 bits per heavy atom. The lowest BCUT2D eigenvalue weighted by Crippen LogP contribution is -2.19. The number of aromatic amines is 1. The zero-order valence-electron chi connectivity index (χ0n) is 13.7. The van der Waals surface area contributed by atoms with E-state index < -0.39 is 0 Å².